The summed E-state index contributed by atoms with van der Waals surface area (Å²) in [6.07, 6.45) is 4.61. The Morgan fingerprint density at radius 2 is 2.00 bits per heavy atom. The number of benzene rings is 1. The lowest BCUT2D eigenvalue weighted by Crippen LogP contribution is -2.47. The molecule has 0 spiro atoms. The summed E-state index contributed by atoms with van der Waals surface area (Å²) in [6.45, 7) is 5.13. The normalized spacial score (nSPS) is 24.1. The quantitative estimate of drug-likeness (QED) is 0.634. The van der Waals surface area contributed by atoms with Crippen LogP contribution in [0.2, 0.25) is 0 Å². The Bertz CT molecular complexity index is 968. The topological polar surface area (TPSA) is 62.1 Å². The monoisotopic (exact) mass is 394 g/mol. The lowest BCUT2D eigenvalue weighted by atomic mass is 9.68. The largest absolute Gasteiger partial charge is 0.380 e. The molecule has 1 aliphatic rings. The van der Waals surface area contributed by atoms with E-state index in [1.807, 2.05) is 19.2 Å². The van der Waals surface area contributed by atoms with E-state index in [9.17, 15) is 0 Å². The van der Waals surface area contributed by atoms with Crippen molar-refractivity contribution in [2.45, 2.75) is 51.2 Å². The van der Waals surface area contributed by atoms with Crippen LogP contribution in [0.4, 0.5) is 0 Å². The first-order chi connectivity index (χ1) is 14.0. The average molecular weight is 395 g/mol. The highest BCUT2D eigenvalue weighted by Crippen LogP contribution is 2.45. The predicted molar refractivity (Wildman–Crippen MR) is 113 cm³/mol. The van der Waals surface area contributed by atoms with Gasteiger partial charge in [0.25, 0.3) is 0 Å². The SMILES string of the molecule is COC1C(c2ncn(C)n2)C(OCCc2ccc3ccccc3n2)CCC1(C)C. The standard InChI is InChI=1S/C23H30N4O2/c1-23(2)13-11-19(20(21(23)28-4)22-24-15-27(3)26-22)29-14-12-17-10-9-16-7-5-6-8-18(16)25-17/h5-10,15,19-21H,11-14H2,1-4H3. The molecule has 3 atom stereocenters. The molecule has 3 aromatic rings. The molecule has 2 aromatic heterocycles. The predicted octanol–water partition coefficient (Wildman–Crippen LogP) is 3.91. The second-order valence-corrected chi connectivity index (χ2v) is 8.64. The van der Waals surface area contributed by atoms with E-state index in [-0.39, 0.29) is 23.5 Å². The number of rotatable bonds is 6. The van der Waals surface area contributed by atoms with Crippen molar-refractivity contribution in [2.24, 2.45) is 12.5 Å². The van der Waals surface area contributed by atoms with Gasteiger partial charge in [-0.2, -0.15) is 5.10 Å². The summed E-state index contributed by atoms with van der Waals surface area (Å²) in [5.74, 6) is 0.829. The summed E-state index contributed by atoms with van der Waals surface area (Å²) < 4.78 is 14.1. The highest BCUT2D eigenvalue weighted by Gasteiger charge is 2.47. The van der Waals surface area contributed by atoms with Gasteiger partial charge in [0.1, 0.15) is 6.33 Å². The van der Waals surface area contributed by atoms with Gasteiger partial charge in [-0.05, 0) is 30.4 Å². The zero-order chi connectivity index (χ0) is 20.4. The van der Waals surface area contributed by atoms with Crippen molar-refractivity contribution in [3.8, 4) is 0 Å². The number of para-hydroxylation sites is 1. The highest BCUT2D eigenvalue weighted by molar-refractivity contribution is 5.78. The van der Waals surface area contributed by atoms with Gasteiger partial charge < -0.3 is 9.47 Å². The van der Waals surface area contributed by atoms with Crippen LogP contribution in [0.25, 0.3) is 10.9 Å². The fraction of sp³-hybridized carbons (Fsp3) is 0.522. The molecule has 154 valence electrons. The van der Waals surface area contributed by atoms with Crippen molar-refractivity contribution in [3.05, 3.63) is 54.2 Å². The van der Waals surface area contributed by atoms with E-state index in [4.69, 9.17) is 14.5 Å². The first-order valence-corrected chi connectivity index (χ1v) is 10.3. The molecule has 0 amide bonds. The number of pyridine rings is 1. The third-order valence-corrected chi connectivity index (χ3v) is 6.09. The summed E-state index contributed by atoms with van der Waals surface area (Å²) in [4.78, 5) is 9.29. The zero-order valence-electron chi connectivity index (χ0n) is 17.7. The number of ether oxygens (including phenoxy) is 2. The second kappa shape index (κ2) is 8.20. The van der Waals surface area contributed by atoms with Crippen LogP contribution in [0.3, 0.4) is 0 Å². The minimum Gasteiger partial charge on any atom is -0.380 e. The molecule has 1 aromatic carbocycles. The Kier molecular flexibility index (Phi) is 5.65. The van der Waals surface area contributed by atoms with Crippen LogP contribution >= 0.6 is 0 Å². The summed E-state index contributed by atoms with van der Waals surface area (Å²) in [5, 5.41) is 5.74. The number of aryl methyl sites for hydroxylation is 1. The molecule has 4 rings (SSSR count). The van der Waals surface area contributed by atoms with Crippen LogP contribution < -0.4 is 0 Å². The Hall–Kier alpha value is -2.31. The summed E-state index contributed by atoms with van der Waals surface area (Å²) >= 11 is 0. The lowest BCUT2D eigenvalue weighted by Gasteiger charge is -2.45. The molecule has 3 unspecified atom stereocenters. The summed E-state index contributed by atoms with van der Waals surface area (Å²) in [6, 6.07) is 12.4. The van der Waals surface area contributed by atoms with E-state index in [0.29, 0.717) is 6.61 Å². The third kappa shape index (κ3) is 4.19. The average Bonchev–Trinajstić information content (AvgIpc) is 3.14. The molecular weight excluding hydrogens is 364 g/mol. The van der Waals surface area contributed by atoms with E-state index in [0.717, 1.165) is 41.7 Å². The van der Waals surface area contributed by atoms with Crippen LogP contribution in [0.15, 0.2) is 42.7 Å². The van der Waals surface area contributed by atoms with Crippen molar-refractivity contribution in [2.75, 3.05) is 13.7 Å². The van der Waals surface area contributed by atoms with Gasteiger partial charge in [0.15, 0.2) is 5.82 Å². The van der Waals surface area contributed by atoms with E-state index in [1.54, 1.807) is 18.1 Å². The van der Waals surface area contributed by atoms with Crippen LogP contribution in [0, 0.1) is 5.41 Å². The maximum absolute atomic E-state index is 6.39. The maximum atomic E-state index is 6.39. The van der Waals surface area contributed by atoms with E-state index >= 15 is 0 Å². The van der Waals surface area contributed by atoms with E-state index < -0.39 is 0 Å². The van der Waals surface area contributed by atoms with Crippen LogP contribution in [0.1, 0.15) is 44.1 Å². The van der Waals surface area contributed by atoms with Gasteiger partial charge in [-0.15, -0.1) is 0 Å². The number of hydrogen-bond acceptors (Lipinski definition) is 5. The van der Waals surface area contributed by atoms with Gasteiger partial charge in [-0.3, -0.25) is 9.67 Å². The molecule has 1 saturated carbocycles. The maximum Gasteiger partial charge on any atom is 0.158 e. The van der Waals surface area contributed by atoms with Gasteiger partial charge >= 0.3 is 0 Å². The smallest absolute Gasteiger partial charge is 0.158 e. The van der Waals surface area contributed by atoms with Crippen LogP contribution in [-0.2, 0) is 22.9 Å². The van der Waals surface area contributed by atoms with Gasteiger partial charge in [0, 0.05) is 31.7 Å². The molecule has 29 heavy (non-hydrogen) atoms. The van der Waals surface area contributed by atoms with Crippen LogP contribution in [-0.4, -0.2) is 45.7 Å². The van der Waals surface area contributed by atoms with E-state index in [2.05, 4.69) is 48.2 Å². The Balaban J connectivity index is 1.48. The molecule has 0 N–H and O–H groups in total. The van der Waals surface area contributed by atoms with Crippen LogP contribution in [0.5, 0.6) is 0 Å². The zero-order valence-corrected chi connectivity index (χ0v) is 17.7. The van der Waals surface area contributed by atoms with Gasteiger partial charge in [0.05, 0.1) is 30.2 Å². The van der Waals surface area contributed by atoms with Gasteiger partial charge in [-0.1, -0.05) is 38.1 Å². The first-order valence-electron chi connectivity index (χ1n) is 10.3. The number of nitrogens with zero attached hydrogens (tertiary/aromatic N) is 4. The van der Waals surface area contributed by atoms with Crippen molar-refractivity contribution in [3.63, 3.8) is 0 Å². The van der Waals surface area contributed by atoms with Crippen molar-refractivity contribution in [1.82, 2.24) is 19.7 Å². The molecule has 0 bridgehead atoms. The molecule has 1 aliphatic carbocycles. The molecule has 6 nitrogen and oxygen atoms in total. The third-order valence-electron chi connectivity index (χ3n) is 6.09. The lowest BCUT2D eigenvalue weighted by molar-refractivity contribution is -0.105. The fourth-order valence-electron chi connectivity index (χ4n) is 4.54. The minimum absolute atomic E-state index is 0.0162. The number of fused-ring (bicyclic) bond motifs is 1. The fourth-order valence-corrected chi connectivity index (χ4v) is 4.54. The molecule has 1 fully saturated rings. The van der Waals surface area contributed by atoms with Gasteiger partial charge in [-0.25, -0.2) is 4.98 Å². The molecule has 0 radical (unpaired) electrons. The Morgan fingerprint density at radius 3 is 2.76 bits per heavy atom. The molecule has 0 aliphatic heterocycles. The molecule has 2 heterocycles. The molecule has 0 saturated heterocycles. The molecule has 6 heteroatoms. The van der Waals surface area contributed by atoms with Crippen molar-refractivity contribution < 1.29 is 9.47 Å². The number of methoxy groups -OCH3 is 1. The van der Waals surface area contributed by atoms with E-state index in [1.165, 1.54) is 0 Å². The molecular formula is C23H30N4O2. The number of hydrogen-bond donors (Lipinski definition) is 0. The van der Waals surface area contributed by atoms with Crippen molar-refractivity contribution >= 4 is 10.9 Å². The Labute approximate surface area is 172 Å². The first kappa shape index (κ1) is 20.0. The highest BCUT2D eigenvalue weighted by atomic mass is 16.5. The van der Waals surface area contributed by atoms with Gasteiger partial charge in [0.2, 0.25) is 0 Å². The van der Waals surface area contributed by atoms with Crippen molar-refractivity contribution in [1.29, 1.82) is 0 Å². The second-order valence-electron chi connectivity index (χ2n) is 8.64. The number of aromatic nitrogens is 4. The summed E-state index contributed by atoms with van der Waals surface area (Å²) in [7, 11) is 3.68. The Morgan fingerprint density at radius 1 is 1.17 bits per heavy atom. The minimum atomic E-state index is 0.0162. The summed E-state index contributed by atoms with van der Waals surface area (Å²) in [5.41, 5.74) is 2.13.